The second-order valence-corrected chi connectivity index (χ2v) is 4.24. The fourth-order valence-electron chi connectivity index (χ4n) is 1.66. The van der Waals surface area contributed by atoms with Crippen LogP contribution in [0.2, 0.25) is 0 Å². The Balaban J connectivity index is 2.90. The smallest absolute Gasteiger partial charge is 0.391 e. The lowest BCUT2D eigenvalue weighted by atomic mass is 10.0. The minimum atomic E-state index is -4.40. The first-order chi connectivity index (χ1) is 9.17. The molecule has 0 fully saturated rings. The second kappa shape index (κ2) is 6.40. The maximum absolute atomic E-state index is 12.5. The number of carbonyl (C=O) groups is 2. The van der Waals surface area contributed by atoms with Gasteiger partial charge >= 0.3 is 12.1 Å². The molecule has 1 unspecified atom stereocenters. The van der Waals surface area contributed by atoms with Gasteiger partial charge in [-0.05, 0) is 17.7 Å². The monoisotopic (exact) mass is 289 g/mol. The van der Waals surface area contributed by atoms with Gasteiger partial charge in [-0.1, -0.05) is 12.1 Å². The number of nitrogens with one attached hydrogen (secondary N) is 1. The maximum Gasteiger partial charge on any atom is 0.391 e. The lowest BCUT2D eigenvalue weighted by molar-refractivity contribution is -0.142. The van der Waals surface area contributed by atoms with Crippen LogP contribution in [0.4, 0.5) is 13.2 Å². The molecule has 0 aromatic heterocycles. The Morgan fingerprint density at radius 2 is 1.75 bits per heavy atom. The minimum absolute atomic E-state index is 0.231. The Labute approximate surface area is 113 Å². The second-order valence-electron chi connectivity index (χ2n) is 4.24. The van der Waals surface area contributed by atoms with Gasteiger partial charge in [0.2, 0.25) is 5.91 Å². The largest absolute Gasteiger partial charge is 0.427 e. The van der Waals surface area contributed by atoms with Gasteiger partial charge < -0.3 is 10.1 Å². The van der Waals surface area contributed by atoms with E-state index in [9.17, 15) is 22.8 Å². The minimum Gasteiger partial charge on any atom is -0.427 e. The molecule has 20 heavy (non-hydrogen) atoms. The van der Waals surface area contributed by atoms with E-state index < -0.39 is 30.5 Å². The lowest BCUT2D eigenvalue weighted by Gasteiger charge is -2.20. The third-order valence-electron chi connectivity index (χ3n) is 2.36. The van der Waals surface area contributed by atoms with E-state index in [0.717, 1.165) is 6.92 Å². The van der Waals surface area contributed by atoms with Crippen molar-refractivity contribution in [1.29, 1.82) is 0 Å². The van der Waals surface area contributed by atoms with E-state index in [-0.39, 0.29) is 11.3 Å². The van der Waals surface area contributed by atoms with Crippen LogP contribution >= 0.6 is 0 Å². The third-order valence-corrected chi connectivity index (χ3v) is 2.36. The Morgan fingerprint density at radius 3 is 2.15 bits per heavy atom. The first-order valence-corrected chi connectivity index (χ1v) is 5.79. The summed E-state index contributed by atoms with van der Waals surface area (Å²) in [6, 6.07) is 4.35. The first-order valence-electron chi connectivity index (χ1n) is 5.79. The van der Waals surface area contributed by atoms with Crippen LogP contribution in [0, 0.1) is 0 Å². The standard InChI is InChI=1S/C13H14F3NO3/c1-8(18)17-12(7-13(14,15)16)10-3-5-11(6-4-10)20-9(2)19/h3-6,12H,7H2,1-2H3,(H,17,18). The Bertz CT molecular complexity index is 483. The highest BCUT2D eigenvalue weighted by molar-refractivity contribution is 5.73. The van der Waals surface area contributed by atoms with Crippen molar-refractivity contribution in [2.45, 2.75) is 32.5 Å². The van der Waals surface area contributed by atoms with E-state index in [1.165, 1.54) is 31.2 Å². The molecule has 0 radical (unpaired) electrons. The molecule has 1 N–H and O–H groups in total. The van der Waals surface area contributed by atoms with Crippen molar-refractivity contribution in [3.63, 3.8) is 0 Å². The normalized spacial score (nSPS) is 12.7. The zero-order valence-corrected chi connectivity index (χ0v) is 11.0. The number of hydrogen-bond donors (Lipinski definition) is 1. The zero-order chi connectivity index (χ0) is 15.3. The maximum atomic E-state index is 12.5. The van der Waals surface area contributed by atoms with Crippen LogP contribution in [0.3, 0.4) is 0 Å². The molecule has 0 saturated heterocycles. The van der Waals surface area contributed by atoms with Gasteiger partial charge in [-0.2, -0.15) is 13.2 Å². The predicted octanol–water partition coefficient (Wildman–Crippen LogP) is 2.74. The topological polar surface area (TPSA) is 55.4 Å². The molecule has 1 amide bonds. The zero-order valence-electron chi connectivity index (χ0n) is 11.0. The summed E-state index contributed by atoms with van der Waals surface area (Å²) in [6.07, 6.45) is -5.57. The van der Waals surface area contributed by atoms with Crippen molar-refractivity contribution in [3.8, 4) is 5.75 Å². The molecule has 0 spiro atoms. The molecule has 4 nitrogen and oxygen atoms in total. The van der Waals surface area contributed by atoms with Crippen molar-refractivity contribution in [2.24, 2.45) is 0 Å². The fraction of sp³-hybridized carbons (Fsp3) is 0.385. The van der Waals surface area contributed by atoms with Crippen LogP contribution in [-0.2, 0) is 9.59 Å². The van der Waals surface area contributed by atoms with Crippen LogP contribution in [0.5, 0.6) is 5.75 Å². The highest BCUT2D eigenvalue weighted by atomic mass is 19.4. The number of alkyl halides is 3. The predicted molar refractivity (Wildman–Crippen MR) is 65.0 cm³/mol. The summed E-state index contributed by atoms with van der Waals surface area (Å²) in [5.41, 5.74) is 0.286. The van der Waals surface area contributed by atoms with Gasteiger partial charge in [-0.3, -0.25) is 9.59 Å². The molecule has 0 aliphatic heterocycles. The molecule has 0 heterocycles. The molecular formula is C13H14F3NO3. The van der Waals surface area contributed by atoms with E-state index in [1.807, 2.05) is 0 Å². The summed E-state index contributed by atoms with van der Waals surface area (Å²) < 4.78 is 42.2. The van der Waals surface area contributed by atoms with Gasteiger partial charge in [0.1, 0.15) is 5.75 Å². The summed E-state index contributed by atoms with van der Waals surface area (Å²) in [6.45, 7) is 2.37. The van der Waals surface area contributed by atoms with Crippen LogP contribution in [-0.4, -0.2) is 18.1 Å². The molecule has 1 rings (SSSR count). The quantitative estimate of drug-likeness (QED) is 0.685. The molecule has 0 aliphatic carbocycles. The summed E-state index contributed by atoms with van der Waals surface area (Å²) in [5, 5.41) is 2.25. The summed E-state index contributed by atoms with van der Waals surface area (Å²) >= 11 is 0. The van der Waals surface area contributed by atoms with E-state index in [1.54, 1.807) is 0 Å². The van der Waals surface area contributed by atoms with Crippen LogP contribution in [0.1, 0.15) is 31.9 Å². The van der Waals surface area contributed by atoms with Crippen molar-refractivity contribution in [1.82, 2.24) is 5.32 Å². The average Bonchev–Trinajstić information content (AvgIpc) is 2.25. The number of esters is 1. The van der Waals surface area contributed by atoms with Gasteiger partial charge in [0, 0.05) is 13.8 Å². The van der Waals surface area contributed by atoms with Crippen LogP contribution in [0.25, 0.3) is 0 Å². The summed E-state index contributed by atoms with van der Waals surface area (Å²) in [7, 11) is 0. The molecule has 7 heteroatoms. The van der Waals surface area contributed by atoms with E-state index in [2.05, 4.69) is 5.32 Å². The van der Waals surface area contributed by atoms with Crippen molar-refractivity contribution < 1.29 is 27.5 Å². The number of ether oxygens (including phenoxy) is 1. The van der Waals surface area contributed by atoms with Crippen LogP contribution < -0.4 is 10.1 Å². The highest BCUT2D eigenvalue weighted by Gasteiger charge is 2.33. The van der Waals surface area contributed by atoms with Gasteiger partial charge in [-0.25, -0.2) is 0 Å². The first kappa shape index (κ1) is 16.0. The molecule has 1 aromatic rings. The van der Waals surface area contributed by atoms with Crippen molar-refractivity contribution >= 4 is 11.9 Å². The van der Waals surface area contributed by atoms with E-state index >= 15 is 0 Å². The molecule has 110 valence electrons. The Kier molecular flexibility index (Phi) is 5.12. The number of amides is 1. The fourth-order valence-corrected chi connectivity index (χ4v) is 1.66. The Hall–Kier alpha value is -2.05. The molecule has 0 aliphatic rings. The molecule has 0 bridgehead atoms. The van der Waals surface area contributed by atoms with Gasteiger partial charge in [0.15, 0.2) is 0 Å². The average molecular weight is 289 g/mol. The SMILES string of the molecule is CC(=O)NC(CC(F)(F)F)c1ccc(OC(C)=O)cc1. The Morgan fingerprint density at radius 1 is 1.20 bits per heavy atom. The number of halogens is 3. The van der Waals surface area contributed by atoms with Gasteiger partial charge in [-0.15, -0.1) is 0 Å². The molecule has 0 saturated carbocycles. The number of benzene rings is 1. The van der Waals surface area contributed by atoms with Gasteiger partial charge in [0.25, 0.3) is 0 Å². The van der Waals surface area contributed by atoms with Crippen molar-refractivity contribution in [3.05, 3.63) is 29.8 Å². The van der Waals surface area contributed by atoms with E-state index in [4.69, 9.17) is 4.74 Å². The molecule has 1 aromatic carbocycles. The molecular weight excluding hydrogens is 275 g/mol. The van der Waals surface area contributed by atoms with E-state index in [0.29, 0.717) is 0 Å². The van der Waals surface area contributed by atoms with Crippen LogP contribution in [0.15, 0.2) is 24.3 Å². The highest BCUT2D eigenvalue weighted by Crippen LogP contribution is 2.30. The molecule has 1 atom stereocenters. The third kappa shape index (κ3) is 5.73. The van der Waals surface area contributed by atoms with Gasteiger partial charge in [0.05, 0.1) is 12.5 Å². The lowest BCUT2D eigenvalue weighted by Crippen LogP contribution is -2.30. The summed E-state index contributed by atoms with van der Waals surface area (Å²) in [5.74, 6) is -0.843. The number of rotatable bonds is 4. The number of carbonyl (C=O) groups excluding carboxylic acids is 2. The summed E-state index contributed by atoms with van der Waals surface area (Å²) in [4.78, 5) is 21.7. The van der Waals surface area contributed by atoms with Crippen molar-refractivity contribution in [2.75, 3.05) is 0 Å². The number of hydrogen-bond acceptors (Lipinski definition) is 3.